The van der Waals surface area contributed by atoms with Crippen molar-refractivity contribution >= 4 is 0 Å². The smallest absolute Gasteiger partial charge is 0.126 e. The highest BCUT2D eigenvalue weighted by molar-refractivity contribution is 5.41. The van der Waals surface area contributed by atoms with Gasteiger partial charge in [0.1, 0.15) is 11.4 Å². The molecule has 0 spiro atoms. The summed E-state index contributed by atoms with van der Waals surface area (Å²) in [5.74, 6) is -0.283. The van der Waals surface area contributed by atoms with Gasteiger partial charge in [0.15, 0.2) is 0 Å². The number of nitriles is 1. The van der Waals surface area contributed by atoms with E-state index in [1.54, 1.807) is 19.1 Å². The maximum atomic E-state index is 13.6. The molecule has 1 N–H and O–H groups in total. The van der Waals surface area contributed by atoms with E-state index in [-0.39, 0.29) is 5.82 Å². The first-order valence-electron chi connectivity index (χ1n) is 5.90. The minimum absolute atomic E-state index is 0.283. The van der Waals surface area contributed by atoms with Gasteiger partial charge in [0, 0.05) is 0 Å². The molecule has 2 nitrogen and oxygen atoms in total. The lowest BCUT2D eigenvalue weighted by Crippen LogP contribution is -2.40. The third-order valence-corrected chi connectivity index (χ3v) is 4.17. The zero-order valence-corrected chi connectivity index (χ0v) is 10.1. The number of benzene rings is 1. The third-order valence-electron chi connectivity index (χ3n) is 4.17. The van der Waals surface area contributed by atoms with Gasteiger partial charge in [-0.3, -0.25) is 0 Å². The number of rotatable bonds is 2. The maximum Gasteiger partial charge on any atom is 0.126 e. The zero-order chi connectivity index (χ0) is 12.7. The molecule has 90 valence electrons. The Morgan fingerprint density at radius 3 is 2.88 bits per heavy atom. The standard InChI is InChI=1S/C14H16FNO/c1-3-13(2,9-16)14(17)8-7-10-11(14)5-4-6-12(10)15/h4-6,17H,3,7-8H2,1-2H3. The number of hydrogen-bond donors (Lipinski definition) is 1. The van der Waals surface area contributed by atoms with Gasteiger partial charge in [-0.1, -0.05) is 19.1 Å². The van der Waals surface area contributed by atoms with Crippen LogP contribution >= 0.6 is 0 Å². The highest BCUT2D eigenvalue weighted by atomic mass is 19.1. The second kappa shape index (κ2) is 3.82. The molecule has 0 saturated carbocycles. The Hall–Kier alpha value is -1.40. The fourth-order valence-corrected chi connectivity index (χ4v) is 2.68. The largest absolute Gasteiger partial charge is 0.383 e. The Labute approximate surface area is 101 Å². The molecular formula is C14H16FNO. The van der Waals surface area contributed by atoms with Gasteiger partial charge < -0.3 is 5.11 Å². The van der Waals surface area contributed by atoms with E-state index < -0.39 is 11.0 Å². The van der Waals surface area contributed by atoms with Crippen LogP contribution in [0.1, 0.15) is 37.8 Å². The van der Waals surface area contributed by atoms with Crippen molar-refractivity contribution in [1.82, 2.24) is 0 Å². The van der Waals surface area contributed by atoms with Crippen LogP contribution in [0.15, 0.2) is 18.2 Å². The number of nitrogens with zero attached hydrogens (tertiary/aromatic N) is 1. The molecule has 0 bridgehead atoms. The predicted molar refractivity (Wildman–Crippen MR) is 62.6 cm³/mol. The zero-order valence-electron chi connectivity index (χ0n) is 10.1. The van der Waals surface area contributed by atoms with Crippen LogP contribution < -0.4 is 0 Å². The Morgan fingerprint density at radius 1 is 1.59 bits per heavy atom. The van der Waals surface area contributed by atoms with E-state index in [1.807, 2.05) is 6.92 Å². The van der Waals surface area contributed by atoms with Crippen molar-refractivity contribution in [3.63, 3.8) is 0 Å². The highest BCUT2D eigenvalue weighted by Crippen LogP contribution is 2.50. The van der Waals surface area contributed by atoms with Crippen molar-refractivity contribution in [3.05, 3.63) is 35.1 Å². The van der Waals surface area contributed by atoms with Crippen molar-refractivity contribution in [1.29, 1.82) is 5.26 Å². The summed E-state index contributed by atoms with van der Waals surface area (Å²) in [6.07, 6.45) is 1.45. The summed E-state index contributed by atoms with van der Waals surface area (Å²) in [6.45, 7) is 3.62. The van der Waals surface area contributed by atoms with Crippen molar-refractivity contribution in [2.45, 2.75) is 38.7 Å². The van der Waals surface area contributed by atoms with Crippen molar-refractivity contribution < 1.29 is 9.50 Å². The van der Waals surface area contributed by atoms with E-state index >= 15 is 0 Å². The Kier molecular flexibility index (Phi) is 2.71. The molecule has 1 aromatic carbocycles. The van der Waals surface area contributed by atoms with Crippen LogP contribution in [0, 0.1) is 22.6 Å². The van der Waals surface area contributed by atoms with Crippen LogP contribution in [-0.4, -0.2) is 5.11 Å². The summed E-state index contributed by atoms with van der Waals surface area (Å²) in [4.78, 5) is 0. The predicted octanol–water partition coefficient (Wildman–Crippen LogP) is 2.90. The molecule has 17 heavy (non-hydrogen) atoms. The summed E-state index contributed by atoms with van der Waals surface area (Å²) >= 11 is 0. The summed E-state index contributed by atoms with van der Waals surface area (Å²) in [7, 11) is 0. The molecule has 2 atom stereocenters. The molecule has 0 aromatic heterocycles. The quantitative estimate of drug-likeness (QED) is 0.853. The number of halogens is 1. The Bertz CT molecular complexity index is 493. The average Bonchev–Trinajstić information content (AvgIpc) is 2.69. The fourth-order valence-electron chi connectivity index (χ4n) is 2.68. The van der Waals surface area contributed by atoms with Crippen LogP contribution in [0.3, 0.4) is 0 Å². The van der Waals surface area contributed by atoms with Crippen LogP contribution in [0.5, 0.6) is 0 Å². The number of aliphatic hydroxyl groups is 1. The van der Waals surface area contributed by atoms with Gasteiger partial charge in [0.2, 0.25) is 0 Å². The van der Waals surface area contributed by atoms with Crippen LogP contribution in [0.2, 0.25) is 0 Å². The lowest BCUT2D eigenvalue weighted by molar-refractivity contribution is -0.0535. The van der Waals surface area contributed by atoms with E-state index in [0.717, 1.165) is 0 Å². The van der Waals surface area contributed by atoms with E-state index in [9.17, 15) is 14.8 Å². The molecule has 2 unspecified atom stereocenters. The van der Waals surface area contributed by atoms with Gasteiger partial charge in [-0.15, -0.1) is 0 Å². The van der Waals surface area contributed by atoms with Crippen molar-refractivity contribution in [3.8, 4) is 6.07 Å². The minimum Gasteiger partial charge on any atom is -0.383 e. The molecule has 0 saturated heterocycles. The summed E-state index contributed by atoms with van der Waals surface area (Å²) < 4.78 is 13.6. The average molecular weight is 233 g/mol. The molecule has 3 heteroatoms. The molecule has 0 radical (unpaired) electrons. The molecule has 0 fully saturated rings. The second-order valence-electron chi connectivity index (χ2n) is 4.92. The molecule has 1 aromatic rings. The molecule has 1 aliphatic rings. The Morgan fingerprint density at radius 2 is 2.29 bits per heavy atom. The summed E-state index contributed by atoms with van der Waals surface area (Å²) in [5.41, 5.74) is -0.951. The maximum absolute atomic E-state index is 13.6. The van der Waals surface area contributed by atoms with E-state index in [0.29, 0.717) is 30.4 Å². The van der Waals surface area contributed by atoms with Gasteiger partial charge in [0.05, 0.1) is 11.5 Å². The second-order valence-corrected chi connectivity index (χ2v) is 4.92. The lowest BCUT2D eigenvalue weighted by Gasteiger charge is -2.37. The third kappa shape index (κ3) is 1.48. The molecular weight excluding hydrogens is 217 g/mol. The Balaban J connectivity index is 2.60. The molecule has 0 amide bonds. The van der Waals surface area contributed by atoms with Gasteiger partial charge >= 0.3 is 0 Å². The number of hydrogen-bond acceptors (Lipinski definition) is 2. The SMILES string of the molecule is CCC(C)(C#N)C1(O)CCc2c(F)cccc21. The first-order valence-corrected chi connectivity index (χ1v) is 5.90. The highest BCUT2D eigenvalue weighted by Gasteiger charge is 2.51. The fraction of sp³-hybridized carbons (Fsp3) is 0.500. The lowest BCUT2D eigenvalue weighted by atomic mass is 9.69. The summed E-state index contributed by atoms with van der Waals surface area (Å²) in [6, 6.07) is 6.93. The van der Waals surface area contributed by atoms with Gasteiger partial charge in [0.25, 0.3) is 0 Å². The normalized spacial score (nSPS) is 26.1. The number of fused-ring (bicyclic) bond motifs is 1. The van der Waals surface area contributed by atoms with Crippen LogP contribution in [-0.2, 0) is 12.0 Å². The van der Waals surface area contributed by atoms with E-state index in [4.69, 9.17) is 0 Å². The van der Waals surface area contributed by atoms with Gasteiger partial charge in [-0.25, -0.2) is 4.39 Å². The van der Waals surface area contributed by atoms with Crippen molar-refractivity contribution in [2.75, 3.05) is 0 Å². The molecule has 2 rings (SSSR count). The van der Waals surface area contributed by atoms with Crippen molar-refractivity contribution in [2.24, 2.45) is 5.41 Å². The van der Waals surface area contributed by atoms with E-state index in [2.05, 4.69) is 6.07 Å². The monoisotopic (exact) mass is 233 g/mol. The van der Waals surface area contributed by atoms with Crippen LogP contribution in [0.4, 0.5) is 4.39 Å². The van der Waals surface area contributed by atoms with E-state index in [1.165, 1.54) is 6.07 Å². The first-order chi connectivity index (χ1) is 7.98. The summed E-state index contributed by atoms with van der Waals surface area (Å²) in [5, 5.41) is 20.1. The minimum atomic E-state index is -1.23. The van der Waals surface area contributed by atoms with Gasteiger partial charge in [-0.05, 0) is 43.4 Å². The molecule has 1 aliphatic carbocycles. The van der Waals surface area contributed by atoms with Crippen LogP contribution in [0.25, 0.3) is 0 Å². The molecule has 0 heterocycles. The topological polar surface area (TPSA) is 44.0 Å². The molecule has 0 aliphatic heterocycles. The van der Waals surface area contributed by atoms with Gasteiger partial charge in [-0.2, -0.15) is 5.26 Å². The first kappa shape index (κ1) is 12.1.